The number of thioether (sulfide) groups is 1. The van der Waals surface area contributed by atoms with Crippen LogP contribution >= 0.6 is 11.8 Å². The van der Waals surface area contributed by atoms with E-state index in [-0.39, 0.29) is 16.8 Å². The van der Waals surface area contributed by atoms with Crippen molar-refractivity contribution in [1.82, 2.24) is 9.62 Å². The average molecular weight is 405 g/mol. The molecule has 1 N–H and O–H groups in total. The zero-order valence-corrected chi connectivity index (χ0v) is 17.1. The first-order chi connectivity index (χ1) is 12.9. The van der Waals surface area contributed by atoms with Gasteiger partial charge in [-0.1, -0.05) is 36.4 Å². The third kappa shape index (κ3) is 4.72. The number of carbonyl (C=O) groups excluding carboxylic acids is 1. The van der Waals surface area contributed by atoms with Crippen molar-refractivity contribution in [2.24, 2.45) is 0 Å². The van der Waals surface area contributed by atoms with Gasteiger partial charge in [0.05, 0.1) is 10.6 Å². The van der Waals surface area contributed by atoms with Gasteiger partial charge in [0, 0.05) is 19.1 Å². The van der Waals surface area contributed by atoms with Gasteiger partial charge in [0.1, 0.15) is 0 Å². The van der Waals surface area contributed by atoms with Gasteiger partial charge in [-0.2, -0.15) is 11.8 Å². The fourth-order valence-corrected chi connectivity index (χ4v) is 4.95. The molecule has 7 heteroatoms. The summed E-state index contributed by atoms with van der Waals surface area (Å²) in [6, 6.07) is 14.4. The number of sulfonamides is 1. The van der Waals surface area contributed by atoms with Crippen LogP contribution in [0.2, 0.25) is 0 Å². The minimum atomic E-state index is -3.61. The fraction of sp³-hybridized carbons (Fsp3) is 0.350. The number of hydrogen-bond acceptors (Lipinski definition) is 4. The zero-order chi connectivity index (χ0) is 19.4. The van der Waals surface area contributed by atoms with E-state index in [9.17, 15) is 13.2 Å². The Bertz CT molecular complexity index is 914. The van der Waals surface area contributed by atoms with E-state index in [0.717, 1.165) is 16.7 Å². The molecule has 1 aliphatic rings. The predicted molar refractivity (Wildman–Crippen MR) is 109 cm³/mol. The van der Waals surface area contributed by atoms with Gasteiger partial charge in [-0.3, -0.25) is 4.79 Å². The third-order valence-electron chi connectivity index (χ3n) is 4.75. The van der Waals surface area contributed by atoms with Crippen molar-refractivity contribution in [1.29, 1.82) is 0 Å². The molecule has 2 aromatic carbocycles. The van der Waals surface area contributed by atoms with Gasteiger partial charge < -0.3 is 4.90 Å². The molecule has 1 atom stereocenters. The quantitative estimate of drug-likeness (QED) is 0.804. The highest BCUT2D eigenvalue weighted by Gasteiger charge is 2.24. The van der Waals surface area contributed by atoms with E-state index in [1.54, 1.807) is 12.1 Å². The Morgan fingerprint density at radius 1 is 1.19 bits per heavy atom. The lowest BCUT2D eigenvalue weighted by molar-refractivity contribution is -0.129. The normalized spacial score (nSPS) is 15.3. The molecule has 1 heterocycles. The Morgan fingerprint density at radius 2 is 1.93 bits per heavy atom. The zero-order valence-electron chi connectivity index (χ0n) is 15.5. The summed E-state index contributed by atoms with van der Waals surface area (Å²) < 4.78 is 28.3. The summed E-state index contributed by atoms with van der Waals surface area (Å²) >= 11 is 1.52. The van der Waals surface area contributed by atoms with Gasteiger partial charge >= 0.3 is 0 Å². The van der Waals surface area contributed by atoms with Crippen LogP contribution in [0.5, 0.6) is 0 Å². The molecule has 0 spiro atoms. The highest BCUT2D eigenvalue weighted by atomic mass is 32.2. The smallest absolute Gasteiger partial charge is 0.241 e. The van der Waals surface area contributed by atoms with Crippen molar-refractivity contribution < 1.29 is 13.2 Å². The molecule has 0 fully saturated rings. The third-order valence-corrected chi connectivity index (χ3v) is 6.83. The van der Waals surface area contributed by atoms with Crippen molar-refractivity contribution in [3.63, 3.8) is 0 Å². The number of rotatable bonds is 6. The van der Waals surface area contributed by atoms with Gasteiger partial charge in [-0.15, -0.1) is 0 Å². The van der Waals surface area contributed by atoms with Crippen LogP contribution in [0.1, 0.15) is 29.7 Å². The highest BCUT2D eigenvalue weighted by Crippen LogP contribution is 2.24. The van der Waals surface area contributed by atoms with Crippen LogP contribution in [0.15, 0.2) is 53.4 Å². The summed E-state index contributed by atoms with van der Waals surface area (Å²) in [5.74, 6) is 0.603. The Morgan fingerprint density at radius 3 is 2.63 bits per heavy atom. The minimum absolute atomic E-state index is 0.128. The standard InChI is InChI=1S/C20H24N2O3S2/c1-15(16-6-4-3-5-7-16)21-27(24,25)19-9-8-18-13-22(20(23)14-26-2)11-10-17(18)12-19/h3-9,12,15,21H,10-11,13-14H2,1-2H3. The van der Waals surface area contributed by atoms with Gasteiger partial charge in [0.15, 0.2) is 0 Å². The SMILES string of the molecule is CSCC(=O)N1CCc2cc(S(=O)(=O)NC(C)c3ccccc3)ccc2C1. The average Bonchev–Trinajstić information content (AvgIpc) is 2.67. The molecule has 27 heavy (non-hydrogen) atoms. The van der Waals surface area contributed by atoms with Gasteiger partial charge in [0.25, 0.3) is 0 Å². The Balaban J connectivity index is 1.76. The molecule has 0 saturated carbocycles. The van der Waals surface area contributed by atoms with Gasteiger partial charge in [-0.25, -0.2) is 13.1 Å². The van der Waals surface area contributed by atoms with E-state index in [2.05, 4.69) is 4.72 Å². The number of nitrogens with one attached hydrogen (secondary N) is 1. The van der Waals surface area contributed by atoms with Crippen LogP contribution in [-0.2, 0) is 27.8 Å². The summed E-state index contributed by atoms with van der Waals surface area (Å²) in [5, 5.41) is 0. The maximum Gasteiger partial charge on any atom is 0.241 e. The van der Waals surface area contributed by atoms with E-state index < -0.39 is 10.0 Å². The van der Waals surface area contributed by atoms with E-state index >= 15 is 0 Å². The van der Waals surface area contributed by atoms with Gasteiger partial charge in [-0.05, 0) is 48.4 Å². The summed E-state index contributed by atoms with van der Waals surface area (Å²) in [5.41, 5.74) is 2.94. The maximum atomic E-state index is 12.8. The first-order valence-corrected chi connectivity index (χ1v) is 11.7. The molecule has 1 unspecified atom stereocenters. The second kappa shape index (κ2) is 8.46. The van der Waals surface area contributed by atoms with E-state index in [4.69, 9.17) is 0 Å². The summed E-state index contributed by atoms with van der Waals surface area (Å²) in [7, 11) is -3.61. The lowest BCUT2D eigenvalue weighted by Crippen LogP contribution is -2.37. The maximum absolute atomic E-state index is 12.8. The van der Waals surface area contributed by atoms with Crippen LogP contribution in [0.25, 0.3) is 0 Å². The fourth-order valence-electron chi connectivity index (χ4n) is 3.23. The van der Waals surface area contributed by atoms with Crippen LogP contribution in [0.4, 0.5) is 0 Å². The molecular weight excluding hydrogens is 380 g/mol. The highest BCUT2D eigenvalue weighted by molar-refractivity contribution is 7.99. The van der Waals surface area contributed by atoms with Crippen LogP contribution in [-0.4, -0.2) is 37.8 Å². The summed E-state index contributed by atoms with van der Waals surface area (Å²) in [6.07, 6.45) is 2.59. The molecule has 0 aliphatic carbocycles. The van der Waals surface area contributed by atoms with Gasteiger partial charge in [0.2, 0.25) is 15.9 Å². The number of hydrogen-bond donors (Lipinski definition) is 1. The summed E-state index contributed by atoms with van der Waals surface area (Å²) in [4.78, 5) is 14.2. The number of benzene rings is 2. The number of amides is 1. The molecule has 144 valence electrons. The number of carbonyl (C=O) groups is 1. The summed E-state index contributed by atoms with van der Waals surface area (Å²) in [6.45, 7) is 3.01. The molecule has 1 aliphatic heterocycles. The predicted octanol–water partition coefficient (Wildman–Crippen LogP) is 2.97. The molecule has 0 radical (unpaired) electrons. The molecule has 0 bridgehead atoms. The first kappa shape index (κ1) is 19.9. The molecule has 0 saturated heterocycles. The van der Waals surface area contributed by atoms with Crippen molar-refractivity contribution in [3.8, 4) is 0 Å². The molecular formula is C20H24N2O3S2. The lowest BCUT2D eigenvalue weighted by Gasteiger charge is -2.29. The number of nitrogens with zero attached hydrogens (tertiary/aromatic N) is 1. The second-order valence-electron chi connectivity index (χ2n) is 6.68. The van der Waals surface area contributed by atoms with Crippen molar-refractivity contribution in [3.05, 3.63) is 65.2 Å². The Hall–Kier alpha value is -1.83. The monoisotopic (exact) mass is 404 g/mol. The second-order valence-corrected chi connectivity index (χ2v) is 9.26. The van der Waals surface area contributed by atoms with Crippen LogP contribution in [0, 0.1) is 0 Å². The molecule has 1 amide bonds. The van der Waals surface area contributed by atoms with E-state index in [1.807, 2.05) is 54.5 Å². The van der Waals surface area contributed by atoms with Crippen LogP contribution in [0.3, 0.4) is 0 Å². The molecule has 2 aromatic rings. The molecule has 0 aromatic heterocycles. The molecule has 5 nitrogen and oxygen atoms in total. The Kier molecular flexibility index (Phi) is 6.24. The number of fused-ring (bicyclic) bond motifs is 1. The van der Waals surface area contributed by atoms with E-state index in [1.165, 1.54) is 11.8 Å². The first-order valence-electron chi connectivity index (χ1n) is 8.86. The van der Waals surface area contributed by atoms with Crippen LogP contribution < -0.4 is 4.72 Å². The lowest BCUT2D eigenvalue weighted by atomic mass is 10.00. The minimum Gasteiger partial charge on any atom is -0.337 e. The topological polar surface area (TPSA) is 66.5 Å². The van der Waals surface area contributed by atoms with E-state index in [0.29, 0.717) is 25.3 Å². The Labute approximate surface area is 165 Å². The van der Waals surface area contributed by atoms with Crippen molar-refractivity contribution in [2.45, 2.75) is 30.8 Å². The largest absolute Gasteiger partial charge is 0.337 e. The van der Waals surface area contributed by atoms with Crippen molar-refractivity contribution >= 4 is 27.7 Å². The van der Waals surface area contributed by atoms with Crippen molar-refractivity contribution in [2.75, 3.05) is 18.6 Å². The molecule has 3 rings (SSSR count).